The Balaban J connectivity index is 1.87. The maximum Gasteiger partial charge on any atom is 0.103 e. The number of hydrogen-bond acceptors (Lipinski definition) is 2. The first-order valence-electron chi connectivity index (χ1n) is 5.73. The Morgan fingerprint density at radius 1 is 1.44 bits per heavy atom. The van der Waals surface area contributed by atoms with Crippen molar-refractivity contribution < 1.29 is 0 Å². The highest BCUT2D eigenvalue weighted by molar-refractivity contribution is 6.32. The molecule has 0 spiro atoms. The van der Waals surface area contributed by atoms with Gasteiger partial charge in [-0.3, -0.25) is 0 Å². The lowest BCUT2D eigenvalue weighted by molar-refractivity contribution is 0.687. The number of nitrogens with zero attached hydrogens (tertiary/aromatic N) is 1. The molecular weight excluding hydrogens is 220 g/mol. The SMILES string of the molecule is N#Cc1c(Cl)cccc1NCCCC1CC1. The summed E-state index contributed by atoms with van der Waals surface area (Å²) in [5, 5.41) is 12.8. The third-order valence-corrected chi connectivity index (χ3v) is 3.24. The average molecular weight is 235 g/mol. The Labute approximate surface area is 101 Å². The van der Waals surface area contributed by atoms with Gasteiger partial charge < -0.3 is 5.32 Å². The molecule has 2 rings (SSSR count). The molecule has 1 aliphatic carbocycles. The van der Waals surface area contributed by atoms with Gasteiger partial charge in [-0.2, -0.15) is 5.26 Å². The van der Waals surface area contributed by atoms with Crippen LogP contribution in [0.2, 0.25) is 5.02 Å². The van der Waals surface area contributed by atoms with Crippen molar-refractivity contribution in [2.24, 2.45) is 5.92 Å². The van der Waals surface area contributed by atoms with Crippen LogP contribution in [0.4, 0.5) is 5.69 Å². The molecule has 1 N–H and O–H groups in total. The van der Waals surface area contributed by atoms with Gasteiger partial charge in [0.1, 0.15) is 6.07 Å². The van der Waals surface area contributed by atoms with Gasteiger partial charge >= 0.3 is 0 Å². The molecular formula is C13H15ClN2. The monoisotopic (exact) mass is 234 g/mol. The van der Waals surface area contributed by atoms with Gasteiger partial charge in [0.15, 0.2) is 0 Å². The number of anilines is 1. The lowest BCUT2D eigenvalue weighted by atomic mass is 10.2. The molecule has 0 atom stereocenters. The number of nitriles is 1. The average Bonchev–Trinajstić information content (AvgIpc) is 3.08. The van der Waals surface area contributed by atoms with E-state index < -0.39 is 0 Å². The summed E-state index contributed by atoms with van der Waals surface area (Å²) in [4.78, 5) is 0. The molecule has 0 aromatic heterocycles. The molecule has 1 aliphatic rings. The Hall–Kier alpha value is -1.20. The minimum Gasteiger partial charge on any atom is -0.384 e. The highest BCUT2D eigenvalue weighted by Gasteiger charge is 2.19. The van der Waals surface area contributed by atoms with Crippen molar-refractivity contribution >= 4 is 17.3 Å². The first-order chi connectivity index (χ1) is 7.81. The third kappa shape index (κ3) is 2.90. The molecule has 0 unspecified atom stereocenters. The van der Waals surface area contributed by atoms with Gasteiger partial charge in [-0.1, -0.05) is 30.5 Å². The van der Waals surface area contributed by atoms with Gasteiger partial charge in [-0.05, 0) is 30.9 Å². The van der Waals surface area contributed by atoms with Gasteiger partial charge in [0.05, 0.1) is 16.3 Å². The fourth-order valence-electron chi connectivity index (χ4n) is 1.81. The Kier molecular flexibility index (Phi) is 3.69. The van der Waals surface area contributed by atoms with E-state index in [9.17, 15) is 0 Å². The van der Waals surface area contributed by atoms with Crippen LogP contribution in [0.5, 0.6) is 0 Å². The van der Waals surface area contributed by atoms with E-state index in [4.69, 9.17) is 16.9 Å². The molecule has 1 aromatic rings. The number of benzene rings is 1. The van der Waals surface area contributed by atoms with Gasteiger partial charge in [0.2, 0.25) is 0 Å². The largest absolute Gasteiger partial charge is 0.384 e. The highest BCUT2D eigenvalue weighted by atomic mass is 35.5. The molecule has 0 saturated heterocycles. The third-order valence-electron chi connectivity index (χ3n) is 2.93. The molecule has 0 aliphatic heterocycles. The maximum absolute atomic E-state index is 8.98. The first kappa shape index (κ1) is 11.3. The summed E-state index contributed by atoms with van der Waals surface area (Å²) in [6.45, 7) is 0.922. The quantitative estimate of drug-likeness (QED) is 0.787. The summed E-state index contributed by atoms with van der Waals surface area (Å²) in [5.41, 5.74) is 1.40. The summed E-state index contributed by atoms with van der Waals surface area (Å²) in [6.07, 6.45) is 5.28. The van der Waals surface area contributed by atoms with E-state index in [1.165, 1.54) is 25.7 Å². The van der Waals surface area contributed by atoms with Gasteiger partial charge in [-0.25, -0.2) is 0 Å². The Morgan fingerprint density at radius 3 is 2.94 bits per heavy atom. The van der Waals surface area contributed by atoms with E-state index >= 15 is 0 Å². The predicted molar refractivity (Wildman–Crippen MR) is 66.6 cm³/mol. The smallest absolute Gasteiger partial charge is 0.103 e. The zero-order chi connectivity index (χ0) is 11.4. The van der Waals surface area contributed by atoms with Crippen LogP contribution in [-0.2, 0) is 0 Å². The molecule has 1 saturated carbocycles. The number of halogens is 1. The molecule has 84 valence electrons. The van der Waals surface area contributed by atoms with Crippen molar-refractivity contribution in [1.29, 1.82) is 5.26 Å². The normalized spacial score (nSPS) is 14.5. The molecule has 0 amide bonds. The minimum atomic E-state index is 0.523. The van der Waals surface area contributed by atoms with E-state index in [0.717, 1.165) is 18.2 Å². The zero-order valence-electron chi connectivity index (χ0n) is 9.17. The number of hydrogen-bond donors (Lipinski definition) is 1. The van der Waals surface area contributed by atoms with Crippen molar-refractivity contribution in [3.05, 3.63) is 28.8 Å². The molecule has 1 fully saturated rings. The topological polar surface area (TPSA) is 35.8 Å². The molecule has 0 heterocycles. The van der Waals surface area contributed by atoms with Crippen molar-refractivity contribution in [1.82, 2.24) is 0 Å². The van der Waals surface area contributed by atoms with Crippen LogP contribution in [0.1, 0.15) is 31.2 Å². The van der Waals surface area contributed by atoms with Crippen molar-refractivity contribution in [2.45, 2.75) is 25.7 Å². The van der Waals surface area contributed by atoms with Crippen molar-refractivity contribution in [3.63, 3.8) is 0 Å². The second-order valence-corrected chi connectivity index (χ2v) is 4.69. The van der Waals surface area contributed by atoms with Crippen LogP contribution in [0, 0.1) is 17.2 Å². The van der Waals surface area contributed by atoms with Crippen molar-refractivity contribution in [2.75, 3.05) is 11.9 Å². The number of rotatable bonds is 5. The van der Waals surface area contributed by atoms with Crippen LogP contribution >= 0.6 is 11.6 Å². The molecule has 0 radical (unpaired) electrons. The van der Waals surface area contributed by atoms with Gasteiger partial charge in [0, 0.05) is 6.54 Å². The van der Waals surface area contributed by atoms with E-state index in [0.29, 0.717) is 10.6 Å². The first-order valence-corrected chi connectivity index (χ1v) is 6.11. The lowest BCUT2D eigenvalue weighted by Gasteiger charge is -2.08. The highest BCUT2D eigenvalue weighted by Crippen LogP contribution is 2.33. The van der Waals surface area contributed by atoms with Crippen LogP contribution in [0.25, 0.3) is 0 Å². The fraction of sp³-hybridized carbons (Fsp3) is 0.462. The molecule has 0 bridgehead atoms. The second kappa shape index (κ2) is 5.23. The lowest BCUT2D eigenvalue weighted by Crippen LogP contribution is -2.03. The fourth-order valence-corrected chi connectivity index (χ4v) is 2.02. The van der Waals surface area contributed by atoms with E-state index in [1.807, 2.05) is 12.1 Å². The second-order valence-electron chi connectivity index (χ2n) is 4.29. The maximum atomic E-state index is 8.98. The number of nitrogens with one attached hydrogen (secondary N) is 1. The van der Waals surface area contributed by atoms with Gasteiger partial charge in [-0.15, -0.1) is 0 Å². The van der Waals surface area contributed by atoms with Gasteiger partial charge in [0.25, 0.3) is 0 Å². The summed E-state index contributed by atoms with van der Waals surface area (Å²) in [7, 11) is 0. The Bertz CT molecular complexity index is 405. The minimum absolute atomic E-state index is 0.523. The summed E-state index contributed by atoms with van der Waals surface area (Å²) < 4.78 is 0. The summed E-state index contributed by atoms with van der Waals surface area (Å²) in [6, 6.07) is 7.65. The molecule has 16 heavy (non-hydrogen) atoms. The van der Waals surface area contributed by atoms with Crippen LogP contribution in [0.15, 0.2) is 18.2 Å². The standard InChI is InChI=1S/C13H15ClN2/c14-12-4-1-5-13(11(12)9-15)16-8-2-3-10-6-7-10/h1,4-5,10,16H,2-3,6-8H2. The van der Waals surface area contributed by atoms with E-state index in [-0.39, 0.29) is 0 Å². The molecule has 3 heteroatoms. The van der Waals surface area contributed by atoms with E-state index in [1.54, 1.807) is 6.07 Å². The van der Waals surface area contributed by atoms with Crippen LogP contribution in [0.3, 0.4) is 0 Å². The van der Waals surface area contributed by atoms with E-state index in [2.05, 4.69) is 11.4 Å². The van der Waals surface area contributed by atoms with Crippen molar-refractivity contribution in [3.8, 4) is 6.07 Å². The molecule has 1 aromatic carbocycles. The summed E-state index contributed by atoms with van der Waals surface area (Å²) >= 11 is 5.94. The summed E-state index contributed by atoms with van der Waals surface area (Å²) in [5.74, 6) is 0.969. The van der Waals surface area contributed by atoms with Crippen LogP contribution < -0.4 is 5.32 Å². The Morgan fingerprint density at radius 2 is 2.25 bits per heavy atom. The van der Waals surface area contributed by atoms with Crippen LogP contribution in [-0.4, -0.2) is 6.54 Å². The molecule has 2 nitrogen and oxygen atoms in total. The predicted octanol–water partition coefficient (Wildman–Crippen LogP) is 3.81. The zero-order valence-corrected chi connectivity index (χ0v) is 9.93.